The van der Waals surface area contributed by atoms with Crippen LogP contribution >= 0.6 is 19.4 Å². The van der Waals surface area contributed by atoms with Crippen LogP contribution in [0.15, 0.2) is 51.5 Å². The SMILES string of the molecule is COC[C@H](CC(=O)c1ccc(N=Nc2c(C)cc(SC)cc2C)cc1)[C@H](C)OP(C)(=O)O. The molecule has 3 atom stereocenters. The first kappa shape index (κ1) is 26.4. The largest absolute Gasteiger partial charge is 0.384 e. The van der Waals surface area contributed by atoms with Gasteiger partial charge in [-0.3, -0.25) is 9.36 Å². The quantitative estimate of drug-likeness (QED) is 0.171. The number of methoxy groups -OCH3 is 1. The second-order valence-corrected chi connectivity index (χ2v) is 10.5. The van der Waals surface area contributed by atoms with Gasteiger partial charge in [0.25, 0.3) is 0 Å². The number of hydrogen-bond acceptors (Lipinski definition) is 7. The van der Waals surface area contributed by atoms with Crippen LogP contribution in [-0.2, 0) is 13.8 Å². The average molecular weight is 479 g/mol. The van der Waals surface area contributed by atoms with Gasteiger partial charge in [-0.15, -0.1) is 11.8 Å². The fraction of sp³-hybridized carbons (Fsp3) is 0.435. The zero-order chi connectivity index (χ0) is 23.9. The van der Waals surface area contributed by atoms with E-state index in [1.54, 1.807) is 43.0 Å². The molecule has 0 fully saturated rings. The molecule has 0 radical (unpaired) electrons. The molecule has 174 valence electrons. The van der Waals surface area contributed by atoms with Crippen molar-refractivity contribution in [2.24, 2.45) is 16.1 Å². The highest BCUT2D eigenvalue weighted by Crippen LogP contribution is 2.40. The van der Waals surface area contributed by atoms with Crippen molar-refractivity contribution in [3.05, 3.63) is 53.1 Å². The number of rotatable bonds is 11. The molecular formula is C23H31N2O5PS. The van der Waals surface area contributed by atoms with Crippen molar-refractivity contribution in [1.29, 1.82) is 0 Å². The number of ether oxygens (including phenoxy) is 1. The predicted molar refractivity (Wildman–Crippen MR) is 129 cm³/mol. The van der Waals surface area contributed by atoms with Crippen LogP contribution in [0.2, 0.25) is 0 Å². The number of benzene rings is 2. The van der Waals surface area contributed by atoms with E-state index in [4.69, 9.17) is 9.26 Å². The standard InChI is InChI=1S/C23H31N2O5PS/c1-15-11-21(32-6)12-16(2)23(15)25-24-20-9-7-18(8-10-20)22(26)13-19(14-29-4)17(3)30-31(5,27)28/h7-12,17,19H,13-14H2,1-6H3,(H,27,28)/t17-,19-/m0/s1. The van der Waals surface area contributed by atoms with E-state index in [9.17, 15) is 14.3 Å². The number of azo groups is 1. The number of hydrogen-bond donors (Lipinski definition) is 1. The maximum Gasteiger partial charge on any atom is 0.325 e. The van der Waals surface area contributed by atoms with Crippen molar-refractivity contribution in [2.75, 3.05) is 26.6 Å². The highest BCUT2D eigenvalue weighted by atomic mass is 32.2. The van der Waals surface area contributed by atoms with Gasteiger partial charge < -0.3 is 14.2 Å². The zero-order valence-corrected chi connectivity index (χ0v) is 21.1. The van der Waals surface area contributed by atoms with Gasteiger partial charge in [0.05, 0.1) is 24.1 Å². The molecule has 0 saturated heterocycles. The fourth-order valence-corrected chi connectivity index (χ4v) is 4.72. The molecule has 32 heavy (non-hydrogen) atoms. The van der Waals surface area contributed by atoms with Gasteiger partial charge in [0, 0.05) is 36.6 Å². The molecule has 2 aromatic rings. The summed E-state index contributed by atoms with van der Waals surface area (Å²) in [6, 6.07) is 11.1. The van der Waals surface area contributed by atoms with E-state index in [0.29, 0.717) is 11.3 Å². The second kappa shape index (κ2) is 11.9. The lowest BCUT2D eigenvalue weighted by molar-refractivity contribution is 0.0563. The molecular weight excluding hydrogens is 447 g/mol. The summed E-state index contributed by atoms with van der Waals surface area (Å²) in [5.74, 6) is -0.447. The summed E-state index contributed by atoms with van der Waals surface area (Å²) in [6.07, 6.45) is 1.57. The minimum atomic E-state index is -3.66. The van der Waals surface area contributed by atoms with E-state index in [-0.39, 0.29) is 24.7 Å². The van der Waals surface area contributed by atoms with Crippen LogP contribution in [0.3, 0.4) is 0 Å². The Morgan fingerprint density at radius 3 is 2.25 bits per heavy atom. The van der Waals surface area contributed by atoms with E-state index in [0.717, 1.165) is 23.5 Å². The Balaban J connectivity index is 2.10. The summed E-state index contributed by atoms with van der Waals surface area (Å²) < 4.78 is 21.9. The van der Waals surface area contributed by atoms with Crippen molar-refractivity contribution >= 4 is 36.5 Å². The monoisotopic (exact) mass is 478 g/mol. The van der Waals surface area contributed by atoms with Gasteiger partial charge in [-0.25, -0.2) is 0 Å². The Bertz CT molecular complexity index is 981. The Kier molecular flexibility index (Phi) is 9.80. The third-order valence-electron chi connectivity index (χ3n) is 5.01. The Morgan fingerprint density at radius 1 is 1.16 bits per heavy atom. The van der Waals surface area contributed by atoms with Crippen LogP contribution in [0.5, 0.6) is 0 Å². The molecule has 0 saturated carbocycles. The zero-order valence-electron chi connectivity index (χ0n) is 19.4. The fourth-order valence-electron chi connectivity index (χ4n) is 3.34. The first-order valence-electron chi connectivity index (χ1n) is 10.2. The van der Waals surface area contributed by atoms with Gasteiger partial charge in [0.15, 0.2) is 5.78 Å². The number of nitrogens with zero attached hydrogens (tertiary/aromatic N) is 2. The molecule has 2 rings (SSSR count). The normalized spacial score (nSPS) is 15.5. The van der Waals surface area contributed by atoms with Crippen LogP contribution in [0.4, 0.5) is 11.4 Å². The van der Waals surface area contributed by atoms with Gasteiger partial charge in [-0.2, -0.15) is 10.2 Å². The number of aryl methyl sites for hydroxylation is 2. The molecule has 1 unspecified atom stereocenters. The first-order valence-corrected chi connectivity index (χ1v) is 13.5. The topological polar surface area (TPSA) is 97.5 Å². The van der Waals surface area contributed by atoms with Crippen LogP contribution in [-0.4, -0.2) is 43.4 Å². The van der Waals surface area contributed by atoms with Crippen LogP contribution < -0.4 is 0 Å². The maximum absolute atomic E-state index is 12.7. The van der Waals surface area contributed by atoms with Crippen LogP contribution in [0.1, 0.15) is 34.8 Å². The second-order valence-electron chi connectivity index (χ2n) is 7.81. The number of carbonyl (C=O) groups excluding carboxylic acids is 1. The third kappa shape index (κ3) is 7.94. The smallest absolute Gasteiger partial charge is 0.325 e. The van der Waals surface area contributed by atoms with E-state index >= 15 is 0 Å². The van der Waals surface area contributed by atoms with E-state index in [2.05, 4.69) is 22.4 Å². The molecule has 0 aliphatic heterocycles. The molecule has 7 nitrogen and oxygen atoms in total. The van der Waals surface area contributed by atoms with Gasteiger partial charge in [0.1, 0.15) is 0 Å². The molecule has 1 N–H and O–H groups in total. The molecule has 0 spiro atoms. The molecule has 0 aliphatic carbocycles. The molecule has 9 heteroatoms. The van der Waals surface area contributed by atoms with Gasteiger partial charge >= 0.3 is 7.60 Å². The van der Waals surface area contributed by atoms with Crippen molar-refractivity contribution < 1.29 is 23.5 Å². The van der Waals surface area contributed by atoms with Crippen LogP contribution in [0.25, 0.3) is 0 Å². The maximum atomic E-state index is 12.7. The van der Waals surface area contributed by atoms with E-state index in [1.165, 1.54) is 12.0 Å². The minimum absolute atomic E-state index is 0.103. The number of carbonyl (C=O) groups is 1. The molecule has 2 aromatic carbocycles. The van der Waals surface area contributed by atoms with E-state index < -0.39 is 13.7 Å². The highest BCUT2D eigenvalue weighted by Gasteiger charge is 2.26. The Morgan fingerprint density at radius 2 is 1.75 bits per heavy atom. The Hall–Kier alpha value is -1.83. The summed E-state index contributed by atoms with van der Waals surface area (Å²) in [6.45, 7) is 7.06. The summed E-state index contributed by atoms with van der Waals surface area (Å²) in [4.78, 5) is 23.4. The average Bonchev–Trinajstić information content (AvgIpc) is 2.71. The molecule has 0 heterocycles. The van der Waals surface area contributed by atoms with Crippen molar-refractivity contribution in [3.63, 3.8) is 0 Å². The number of thioether (sulfide) groups is 1. The van der Waals surface area contributed by atoms with Gasteiger partial charge in [-0.1, -0.05) is 0 Å². The van der Waals surface area contributed by atoms with Crippen molar-refractivity contribution in [2.45, 2.75) is 38.2 Å². The summed E-state index contributed by atoms with van der Waals surface area (Å²) in [7, 11) is -2.14. The summed E-state index contributed by atoms with van der Waals surface area (Å²) >= 11 is 1.69. The predicted octanol–water partition coefficient (Wildman–Crippen LogP) is 6.50. The first-order chi connectivity index (χ1) is 15.0. The Labute approximate surface area is 194 Å². The highest BCUT2D eigenvalue weighted by molar-refractivity contribution is 7.98. The lowest BCUT2D eigenvalue weighted by Crippen LogP contribution is -2.26. The van der Waals surface area contributed by atoms with Crippen molar-refractivity contribution in [3.8, 4) is 0 Å². The summed E-state index contributed by atoms with van der Waals surface area (Å²) in [5, 5.41) is 8.72. The molecule has 0 bridgehead atoms. The third-order valence-corrected chi connectivity index (χ3v) is 6.44. The van der Waals surface area contributed by atoms with E-state index in [1.807, 2.05) is 20.1 Å². The van der Waals surface area contributed by atoms with Gasteiger partial charge in [0.2, 0.25) is 0 Å². The van der Waals surface area contributed by atoms with Gasteiger partial charge in [-0.05, 0) is 74.6 Å². The number of Topliss-reactive ketones (excluding diaryl/α,β-unsaturated/α-hetero) is 1. The van der Waals surface area contributed by atoms with Crippen molar-refractivity contribution in [1.82, 2.24) is 0 Å². The molecule has 0 amide bonds. The molecule has 0 aromatic heterocycles. The molecule has 0 aliphatic rings. The lowest BCUT2D eigenvalue weighted by atomic mass is 9.95. The number of ketones is 1. The van der Waals surface area contributed by atoms with Crippen LogP contribution in [0, 0.1) is 19.8 Å². The summed E-state index contributed by atoms with van der Waals surface area (Å²) in [5.41, 5.74) is 4.13. The minimum Gasteiger partial charge on any atom is -0.384 e. The lowest BCUT2D eigenvalue weighted by Gasteiger charge is -2.24.